The highest BCUT2D eigenvalue weighted by Crippen LogP contribution is 2.08. The van der Waals surface area contributed by atoms with Crippen LogP contribution in [0.15, 0.2) is 0 Å². The molecule has 0 saturated heterocycles. The largest absolute Gasteiger partial charge is 0.459 e. The normalized spacial score (nSPS) is 12.5. The number of carbonyl (C=O) groups is 2. The second-order valence-electron chi connectivity index (χ2n) is 4.05. The molecule has 0 aromatic heterocycles. The molecule has 6 heteroatoms. The van der Waals surface area contributed by atoms with E-state index in [2.05, 4.69) is 4.79 Å². The fourth-order valence-electron chi connectivity index (χ4n) is 0.795. The minimum absolute atomic E-state index is 0.237. The van der Waals surface area contributed by atoms with E-state index in [4.69, 9.17) is 16.0 Å². The first-order valence-corrected chi connectivity index (χ1v) is 4.45. The molecule has 6 nitrogen and oxygen atoms in total. The number of rotatable bonds is 4. The van der Waals surface area contributed by atoms with Gasteiger partial charge in [-0.3, -0.25) is 9.59 Å². The minimum Gasteiger partial charge on any atom is -0.459 e. The Morgan fingerprint density at radius 3 is 2.47 bits per heavy atom. The van der Waals surface area contributed by atoms with Crippen LogP contribution in [0.3, 0.4) is 0 Å². The molecule has 0 bridgehead atoms. The van der Waals surface area contributed by atoms with Crippen molar-refractivity contribution in [1.29, 1.82) is 0 Å². The Kier molecular flexibility index (Phi) is 4.84. The summed E-state index contributed by atoms with van der Waals surface area (Å²) in [7, 11) is 0. The lowest BCUT2D eigenvalue weighted by Crippen LogP contribution is -2.39. The fourth-order valence-corrected chi connectivity index (χ4v) is 0.795. The van der Waals surface area contributed by atoms with Gasteiger partial charge in [-0.25, -0.2) is 0 Å². The summed E-state index contributed by atoms with van der Waals surface area (Å²) >= 11 is 0. The zero-order chi connectivity index (χ0) is 12.1. The summed E-state index contributed by atoms with van der Waals surface area (Å²) < 4.78 is 4.96. The maximum atomic E-state index is 11.3. The van der Waals surface area contributed by atoms with Crippen molar-refractivity contribution in [2.24, 2.45) is 5.73 Å². The van der Waals surface area contributed by atoms with E-state index in [9.17, 15) is 9.59 Å². The molecule has 0 spiro atoms. The smallest absolute Gasteiger partial charge is 0.323 e. The van der Waals surface area contributed by atoms with Crippen LogP contribution in [0.1, 0.15) is 27.2 Å². The van der Waals surface area contributed by atoms with Crippen LogP contribution in [0.4, 0.5) is 0 Å². The SMILES string of the molecule is CC(C)(C)OC(=O)C(N)CC(=O)C=[N+]=[N-]. The molecule has 2 N–H and O–H groups in total. The second-order valence-corrected chi connectivity index (χ2v) is 4.05. The number of ether oxygens (including phenoxy) is 1. The molecule has 1 atom stereocenters. The first kappa shape index (κ1) is 13.5. The van der Waals surface area contributed by atoms with Gasteiger partial charge in [0.05, 0.1) is 0 Å². The third-order valence-electron chi connectivity index (χ3n) is 1.33. The number of Topliss-reactive ketones (excluding diaryl/α,β-unsaturated/α-hetero) is 1. The van der Waals surface area contributed by atoms with E-state index in [1.165, 1.54) is 0 Å². The van der Waals surface area contributed by atoms with Crippen LogP contribution in [0.5, 0.6) is 0 Å². The lowest BCUT2D eigenvalue weighted by atomic mass is 10.1. The van der Waals surface area contributed by atoms with Crippen molar-refractivity contribution in [1.82, 2.24) is 0 Å². The van der Waals surface area contributed by atoms with Crippen LogP contribution in [-0.4, -0.2) is 34.4 Å². The monoisotopic (exact) mass is 213 g/mol. The predicted molar refractivity (Wildman–Crippen MR) is 53.1 cm³/mol. The zero-order valence-corrected chi connectivity index (χ0v) is 9.06. The zero-order valence-electron chi connectivity index (χ0n) is 9.06. The topological polar surface area (TPSA) is 106 Å². The highest BCUT2D eigenvalue weighted by molar-refractivity contribution is 6.25. The van der Waals surface area contributed by atoms with Gasteiger partial charge in [0.25, 0.3) is 0 Å². The van der Waals surface area contributed by atoms with E-state index >= 15 is 0 Å². The summed E-state index contributed by atoms with van der Waals surface area (Å²) in [6.07, 6.45) is 0.462. The maximum absolute atomic E-state index is 11.3. The Labute approximate surface area is 88.0 Å². The summed E-state index contributed by atoms with van der Waals surface area (Å²) in [4.78, 5) is 24.8. The van der Waals surface area contributed by atoms with Gasteiger partial charge in [-0.15, -0.1) is 0 Å². The molecule has 84 valence electrons. The number of esters is 1. The van der Waals surface area contributed by atoms with Crippen molar-refractivity contribution in [3.63, 3.8) is 0 Å². The lowest BCUT2D eigenvalue weighted by Gasteiger charge is -2.21. The first-order chi connectivity index (χ1) is 6.76. The van der Waals surface area contributed by atoms with Crippen LogP contribution >= 0.6 is 0 Å². The number of nitrogens with two attached hydrogens (primary N) is 1. The van der Waals surface area contributed by atoms with E-state index in [0.717, 1.165) is 0 Å². The van der Waals surface area contributed by atoms with Crippen molar-refractivity contribution < 1.29 is 19.1 Å². The van der Waals surface area contributed by atoms with Crippen molar-refractivity contribution in [3.8, 4) is 0 Å². The summed E-state index contributed by atoms with van der Waals surface area (Å²) in [5.74, 6) is -1.18. The van der Waals surface area contributed by atoms with Gasteiger partial charge in [0.1, 0.15) is 11.6 Å². The molecule has 0 amide bonds. The molecule has 0 aromatic carbocycles. The standard InChI is InChI=1S/C9H15N3O3/c1-9(2,3)15-8(14)7(10)4-6(13)5-12-11/h5,7H,4,10H2,1-3H3. The molecule has 0 rings (SSSR count). The van der Waals surface area contributed by atoms with Gasteiger partial charge in [0.15, 0.2) is 0 Å². The fraction of sp³-hybridized carbons (Fsp3) is 0.667. The molecular formula is C9H15N3O3. The Morgan fingerprint density at radius 1 is 1.53 bits per heavy atom. The van der Waals surface area contributed by atoms with E-state index in [-0.39, 0.29) is 6.42 Å². The van der Waals surface area contributed by atoms with E-state index in [0.29, 0.717) is 6.21 Å². The van der Waals surface area contributed by atoms with Crippen LogP contribution in [-0.2, 0) is 14.3 Å². The van der Waals surface area contributed by atoms with E-state index in [1.807, 2.05) is 0 Å². The van der Waals surface area contributed by atoms with E-state index < -0.39 is 23.4 Å². The highest BCUT2D eigenvalue weighted by Gasteiger charge is 2.24. The number of carbonyl (C=O) groups excluding carboxylic acids is 2. The summed E-state index contributed by atoms with van der Waals surface area (Å²) in [5, 5.41) is 0. The summed E-state index contributed by atoms with van der Waals surface area (Å²) in [6, 6.07) is -1.03. The van der Waals surface area contributed by atoms with Crippen molar-refractivity contribution in [2.45, 2.75) is 38.8 Å². The minimum atomic E-state index is -1.03. The van der Waals surface area contributed by atoms with Crippen LogP contribution in [0.25, 0.3) is 5.53 Å². The highest BCUT2D eigenvalue weighted by atomic mass is 16.6. The third-order valence-corrected chi connectivity index (χ3v) is 1.33. The Bertz CT molecular complexity index is 300. The van der Waals surface area contributed by atoms with Gasteiger partial charge in [-0.05, 0) is 20.8 Å². The number of hydrogen-bond acceptors (Lipinski definition) is 4. The number of hydrogen-bond donors (Lipinski definition) is 1. The van der Waals surface area contributed by atoms with Gasteiger partial charge in [0, 0.05) is 6.42 Å². The molecule has 0 fully saturated rings. The number of nitrogens with zero attached hydrogens (tertiary/aromatic N) is 2. The molecule has 0 aliphatic carbocycles. The maximum Gasteiger partial charge on any atom is 0.323 e. The van der Waals surface area contributed by atoms with Gasteiger partial charge in [0.2, 0.25) is 5.78 Å². The van der Waals surface area contributed by atoms with Crippen LogP contribution in [0, 0.1) is 0 Å². The first-order valence-electron chi connectivity index (χ1n) is 4.45. The van der Waals surface area contributed by atoms with Gasteiger partial charge >= 0.3 is 12.2 Å². The Morgan fingerprint density at radius 2 is 2.07 bits per heavy atom. The molecule has 0 radical (unpaired) electrons. The van der Waals surface area contributed by atoms with Gasteiger partial charge < -0.3 is 16.0 Å². The summed E-state index contributed by atoms with van der Waals surface area (Å²) in [6.45, 7) is 5.11. The predicted octanol–water partition coefficient (Wildman–Crippen LogP) is -0.0848. The van der Waals surface area contributed by atoms with E-state index in [1.54, 1.807) is 20.8 Å². The average molecular weight is 213 g/mol. The average Bonchev–Trinajstić information content (AvgIpc) is 2.00. The van der Waals surface area contributed by atoms with Crippen LogP contribution in [0.2, 0.25) is 0 Å². The molecule has 15 heavy (non-hydrogen) atoms. The Hall–Kier alpha value is -1.52. The molecule has 0 aliphatic heterocycles. The third kappa shape index (κ3) is 6.54. The molecule has 0 saturated carbocycles. The molecule has 0 aromatic rings. The van der Waals surface area contributed by atoms with Gasteiger partial charge in [-0.1, -0.05) is 0 Å². The van der Waals surface area contributed by atoms with Crippen molar-refractivity contribution in [2.75, 3.05) is 0 Å². The Balaban J connectivity index is 4.22. The van der Waals surface area contributed by atoms with Gasteiger partial charge in [-0.2, -0.15) is 4.79 Å². The van der Waals surface area contributed by atoms with Crippen molar-refractivity contribution in [3.05, 3.63) is 5.53 Å². The molecule has 0 aliphatic rings. The van der Waals surface area contributed by atoms with Crippen LogP contribution < -0.4 is 5.73 Å². The lowest BCUT2D eigenvalue weighted by molar-refractivity contribution is -0.157. The second kappa shape index (κ2) is 5.38. The molecule has 0 heterocycles. The summed E-state index contributed by atoms with van der Waals surface area (Å²) in [5.41, 5.74) is 12.8. The number of ketones is 1. The van der Waals surface area contributed by atoms with Crippen molar-refractivity contribution >= 4 is 18.0 Å². The molecule has 1 unspecified atom stereocenters. The molecular weight excluding hydrogens is 198 g/mol. The quantitative estimate of drug-likeness (QED) is 0.305.